The number of rotatable bonds is 8. The molecule has 1 aromatic carbocycles. The molecule has 2 N–H and O–H groups in total. The molecule has 0 radical (unpaired) electrons. The van der Waals surface area contributed by atoms with E-state index in [0.717, 1.165) is 29.8 Å². The van der Waals surface area contributed by atoms with Gasteiger partial charge in [0.1, 0.15) is 5.75 Å². The summed E-state index contributed by atoms with van der Waals surface area (Å²) in [6.45, 7) is 5.04. The second-order valence-corrected chi connectivity index (χ2v) is 5.60. The number of ether oxygens (including phenoxy) is 1. The van der Waals surface area contributed by atoms with Crippen LogP contribution in [-0.2, 0) is 4.79 Å². The van der Waals surface area contributed by atoms with Crippen LogP contribution in [-0.4, -0.2) is 44.1 Å². The van der Waals surface area contributed by atoms with E-state index in [1.54, 1.807) is 14.1 Å². The summed E-state index contributed by atoms with van der Waals surface area (Å²) in [6, 6.07) is 5.25. The molecule has 0 aliphatic heterocycles. The minimum atomic E-state index is -0.320. The molecule has 1 rings (SSSR count). The number of nitrogens with one attached hydrogen (secondary N) is 2. The maximum Gasteiger partial charge on any atom is 0.319 e. The molecule has 0 aliphatic rings. The van der Waals surface area contributed by atoms with Crippen molar-refractivity contribution < 1.29 is 14.3 Å². The second-order valence-electron chi connectivity index (χ2n) is 5.60. The van der Waals surface area contributed by atoms with Gasteiger partial charge >= 0.3 is 6.03 Å². The standard InChI is InChI=1S/C17H27N3O3/c1-5-6-11-23-14-7-8-15(13(2)12-14)19-17(22)18-10-9-16(21)20(3)4/h7-8,12H,5-6,9-11H2,1-4H3,(H2,18,19,22). The molecule has 0 fully saturated rings. The summed E-state index contributed by atoms with van der Waals surface area (Å²) in [5.74, 6) is 0.786. The molecule has 6 heteroatoms. The minimum absolute atomic E-state index is 0.0185. The van der Waals surface area contributed by atoms with Gasteiger partial charge in [-0.3, -0.25) is 4.79 Å². The Kier molecular flexibility index (Phi) is 7.94. The molecule has 0 aliphatic carbocycles. The van der Waals surface area contributed by atoms with Crippen molar-refractivity contribution >= 4 is 17.6 Å². The number of nitrogens with zero attached hydrogens (tertiary/aromatic N) is 1. The Labute approximate surface area is 138 Å². The van der Waals surface area contributed by atoms with Gasteiger partial charge in [0, 0.05) is 32.7 Å². The van der Waals surface area contributed by atoms with Crippen molar-refractivity contribution in [3.8, 4) is 5.75 Å². The lowest BCUT2D eigenvalue weighted by Crippen LogP contribution is -2.33. The number of urea groups is 1. The average molecular weight is 321 g/mol. The SMILES string of the molecule is CCCCOc1ccc(NC(=O)NCCC(=O)N(C)C)c(C)c1. The van der Waals surface area contributed by atoms with Crippen molar-refractivity contribution in [1.29, 1.82) is 0 Å². The molecule has 128 valence electrons. The number of amides is 3. The largest absolute Gasteiger partial charge is 0.494 e. The summed E-state index contributed by atoms with van der Waals surface area (Å²) in [5, 5.41) is 5.45. The van der Waals surface area contributed by atoms with Gasteiger partial charge in [-0.15, -0.1) is 0 Å². The van der Waals surface area contributed by atoms with E-state index >= 15 is 0 Å². The zero-order valence-corrected chi connectivity index (χ0v) is 14.4. The van der Waals surface area contributed by atoms with Gasteiger partial charge in [-0.2, -0.15) is 0 Å². The quantitative estimate of drug-likeness (QED) is 0.723. The molecule has 0 spiro atoms. The fraction of sp³-hybridized carbons (Fsp3) is 0.529. The van der Waals surface area contributed by atoms with E-state index in [1.807, 2.05) is 25.1 Å². The summed E-state index contributed by atoms with van der Waals surface area (Å²) in [7, 11) is 3.38. The summed E-state index contributed by atoms with van der Waals surface area (Å²) in [5.41, 5.74) is 1.66. The van der Waals surface area contributed by atoms with E-state index in [-0.39, 0.29) is 18.4 Å². The number of aryl methyl sites for hydroxylation is 1. The average Bonchev–Trinajstić information content (AvgIpc) is 2.50. The molecule has 6 nitrogen and oxygen atoms in total. The van der Waals surface area contributed by atoms with Crippen molar-refractivity contribution in [3.63, 3.8) is 0 Å². The van der Waals surface area contributed by atoms with Crippen LogP contribution < -0.4 is 15.4 Å². The Morgan fingerprint density at radius 2 is 2.00 bits per heavy atom. The Bertz CT molecular complexity index is 530. The third kappa shape index (κ3) is 7.04. The van der Waals surface area contributed by atoms with Gasteiger partial charge in [0.25, 0.3) is 0 Å². The van der Waals surface area contributed by atoms with Gasteiger partial charge in [-0.25, -0.2) is 4.79 Å². The molecule has 23 heavy (non-hydrogen) atoms. The van der Waals surface area contributed by atoms with Crippen molar-refractivity contribution in [2.24, 2.45) is 0 Å². The number of benzene rings is 1. The highest BCUT2D eigenvalue weighted by atomic mass is 16.5. The van der Waals surface area contributed by atoms with Crippen molar-refractivity contribution in [2.75, 3.05) is 32.6 Å². The van der Waals surface area contributed by atoms with Crippen LogP contribution in [0.2, 0.25) is 0 Å². The number of anilines is 1. The molecular weight excluding hydrogens is 294 g/mol. The third-order valence-corrected chi connectivity index (χ3v) is 3.34. The van der Waals surface area contributed by atoms with Crippen LogP contribution in [0, 0.1) is 6.92 Å². The number of unbranched alkanes of at least 4 members (excludes halogenated alkanes) is 1. The van der Waals surface area contributed by atoms with Crippen LogP contribution in [0.1, 0.15) is 31.7 Å². The van der Waals surface area contributed by atoms with E-state index in [0.29, 0.717) is 13.2 Å². The molecule has 0 saturated carbocycles. The molecule has 0 aromatic heterocycles. The zero-order valence-electron chi connectivity index (χ0n) is 14.4. The van der Waals surface area contributed by atoms with Crippen molar-refractivity contribution in [3.05, 3.63) is 23.8 Å². The first-order valence-electron chi connectivity index (χ1n) is 7.92. The van der Waals surface area contributed by atoms with Crippen LogP contribution in [0.15, 0.2) is 18.2 Å². The lowest BCUT2D eigenvalue weighted by Gasteiger charge is -2.13. The second kappa shape index (κ2) is 9.71. The van der Waals surface area contributed by atoms with Crippen LogP contribution in [0.5, 0.6) is 5.75 Å². The molecule has 3 amide bonds. The highest BCUT2D eigenvalue weighted by Gasteiger charge is 2.07. The Morgan fingerprint density at radius 1 is 1.26 bits per heavy atom. The van der Waals surface area contributed by atoms with E-state index in [4.69, 9.17) is 4.74 Å². The highest BCUT2D eigenvalue weighted by Crippen LogP contribution is 2.21. The van der Waals surface area contributed by atoms with Gasteiger partial charge in [-0.05, 0) is 37.1 Å². The number of carbonyl (C=O) groups excluding carboxylic acids is 2. The molecular formula is C17H27N3O3. The van der Waals surface area contributed by atoms with Gasteiger partial charge in [-0.1, -0.05) is 13.3 Å². The molecule has 1 aromatic rings. The van der Waals surface area contributed by atoms with Gasteiger partial charge in [0.05, 0.1) is 6.61 Å². The fourth-order valence-electron chi connectivity index (χ4n) is 1.87. The normalized spacial score (nSPS) is 10.1. The van der Waals surface area contributed by atoms with E-state index in [1.165, 1.54) is 4.90 Å². The number of hydrogen-bond donors (Lipinski definition) is 2. The first kappa shape index (κ1) is 18.8. The molecule has 0 bridgehead atoms. The smallest absolute Gasteiger partial charge is 0.319 e. The monoisotopic (exact) mass is 321 g/mol. The summed E-state index contributed by atoms with van der Waals surface area (Å²) in [6.07, 6.45) is 2.39. The maximum absolute atomic E-state index is 11.8. The molecule has 0 unspecified atom stereocenters. The maximum atomic E-state index is 11.8. The number of carbonyl (C=O) groups is 2. The predicted molar refractivity (Wildman–Crippen MR) is 91.9 cm³/mol. The van der Waals surface area contributed by atoms with Crippen LogP contribution in [0.25, 0.3) is 0 Å². The van der Waals surface area contributed by atoms with E-state index in [2.05, 4.69) is 17.6 Å². The number of hydrogen-bond acceptors (Lipinski definition) is 3. The fourth-order valence-corrected chi connectivity index (χ4v) is 1.87. The van der Waals surface area contributed by atoms with Gasteiger partial charge in [0.15, 0.2) is 0 Å². The molecule has 0 saturated heterocycles. The van der Waals surface area contributed by atoms with Crippen LogP contribution in [0.3, 0.4) is 0 Å². The Hall–Kier alpha value is -2.24. The van der Waals surface area contributed by atoms with Gasteiger partial charge in [0.2, 0.25) is 5.91 Å². The summed E-state index contributed by atoms with van der Waals surface area (Å²) in [4.78, 5) is 24.8. The summed E-state index contributed by atoms with van der Waals surface area (Å²) < 4.78 is 5.63. The highest BCUT2D eigenvalue weighted by molar-refractivity contribution is 5.90. The molecule has 0 atom stereocenters. The molecule has 0 heterocycles. The first-order valence-corrected chi connectivity index (χ1v) is 7.92. The van der Waals surface area contributed by atoms with Crippen LogP contribution in [0.4, 0.5) is 10.5 Å². The zero-order chi connectivity index (χ0) is 17.2. The van der Waals surface area contributed by atoms with Crippen molar-refractivity contribution in [2.45, 2.75) is 33.1 Å². The lowest BCUT2D eigenvalue weighted by atomic mass is 10.2. The van der Waals surface area contributed by atoms with Gasteiger partial charge < -0.3 is 20.3 Å². The topological polar surface area (TPSA) is 70.7 Å². The Balaban J connectivity index is 2.44. The lowest BCUT2D eigenvalue weighted by molar-refractivity contribution is -0.128. The van der Waals surface area contributed by atoms with Crippen LogP contribution >= 0.6 is 0 Å². The summed E-state index contributed by atoms with van der Waals surface area (Å²) >= 11 is 0. The Morgan fingerprint density at radius 3 is 2.61 bits per heavy atom. The van der Waals surface area contributed by atoms with Crippen molar-refractivity contribution in [1.82, 2.24) is 10.2 Å². The minimum Gasteiger partial charge on any atom is -0.494 e. The first-order chi connectivity index (χ1) is 10.9. The van der Waals surface area contributed by atoms with E-state index in [9.17, 15) is 9.59 Å². The third-order valence-electron chi connectivity index (χ3n) is 3.34. The predicted octanol–water partition coefficient (Wildman–Crippen LogP) is 2.77. The van der Waals surface area contributed by atoms with E-state index < -0.39 is 0 Å².